The fourth-order valence-corrected chi connectivity index (χ4v) is 4.12. The number of hydrogen-bond acceptors (Lipinski definition) is 3. The lowest BCUT2D eigenvalue weighted by molar-refractivity contribution is 0.441. The number of pyridine rings is 1. The topological polar surface area (TPSA) is 28.2 Å². The van der Waals surface area contributed by atoms with Crippen molar-refractivity contribution < 1.29 is 0 Å². The molecule has 2 aromatic rings. The van der Waals surface area contributed by atoms with Crippen molar-refractivity contribution in [3.8, 4) is 0 Å². The van der Waals surface area contributed by atoms with Crippen LogP contribution in [0.15, 0.2) is 36.5 Å². The van der Waals surface area contributed by atoms with E-state index in [9.17, 15) is 0 Å². The molecule has 2 aliphatic rings. The molecule has 0 amide bonds. The largest absolute Gasteiger partial charge is 0.352 e. The molecule has 4 rings (SSSR count). The third-order valence-corrected chi connectivity index (χ3v) is 5.06. The van der Waals surface area contributed by atoms with Gasteiger partial charge in [-0.25, -0.2) is 4.98 Å². The second-order valence-electron chi connectivity index (χ2n) is 6.07. The highest BCUT2D eigenvalue weighted by Crippen LogP contribution is 2.38. The van der Waals surface area contributed by atoms with Crippen molar-refractivity contribution in [2.75, 3.05) is 24.5 Å². The Morgan fingerprint density at radius 1 is 1.25 bits per heavy atom. The Labute approximate surface area is 120 Å². The molecule has 3 unspecified atom stereocenters. The van der Waals surface area contributed by atoms with Crippen molar-refractivity contribution in [1.82, 2.24) is 10.3 Å². The fraction of sp³-hybridized carbons (Fsp3) is 0.471. The first kappa shape index (κ1) is 12.2. The minimum absolute atomic E-state index is 0.633. The second kappa shape index (κ2) is 4.74. The SMILES string of the molecule is CCC1C2CNCC2CN1c1nccc2ccccc12. The zero-order valence-electron chi connectivity index (χ0n) is 11.9. The van der Waals surface area contributed by atoms with Gasteiger partial charge in [0.15, 0.2) is 0 Å². The summed E-state index contributed by atoms with van der Waals surface area (Å²) < 4.78 is 0. The van der Waals surface area contributed by atoms with Gasteiger partial charge in [-0.2, -0.15) is 0 Å². The van der Waals surface area contributed by atoms with E-state index in [1.54, 1.807) is 0 Å². The first-order valence-electron chi connectivity index (χ1n) is 7.69. The quantitative estimate of drug-likeness (QED) is 0.906. The maximum Gasteiger partial charge on any atom is 0.136 e. The van der Waals surface area contributed by atoms with Crippen LogP contribution in [-0.2, 0) is 0 Å². The van der Waals surface area contributed by atoms with Crippen molar-refractivity contribution in [3.05, 3.63) is 36.5 Å². The zero-order valence-corrected chi connectivity index (χ0v) is 11.9. The summed E-state index contributed by atoms with van der Waals surface area (Å²) >= 11 is 0. The van der Waals surface area contributed by atoms with Crippen LogP contribution in [0, 0.1) is 11.8 Å². The lowest BCUT2D eigenvalue weighted by atomic mass is 9.93. The molecule has 20 heavy (non-hydrogen) atoms. The third kappa shape index (κ3) is 1.73. The van der Waals surface area contributed by atoms with Crippen molar-refractivity contribution in [1.29, 1.82) is 0 Å². The van der Waals surface area contributed by atoms with E-state index in [-0.39, 0.29) is 0 Å². The Morgan fingerprint density at radius 3 is 3.05 bits per heavy atom. The molecule has 2 aliphatic heterocycles. The van der Waals surface area contributed by atoms with Crippen LogP contribution in [0.3, 0.4) is 0 Å². The molecule has 0 radical (unpaired) electrons. The predicted octanol–water partition coefficient (Wildman–Crippen LogP) is 2.67. The predicted molar refractivity (Wildman–Crippen MR) is 83.0 cm³/mol. The number of fused-ring (bicyclic) bond motifs is 2. The van der Waals surface area contributed by atoms with E-state index in [1.807, 2.05) is 6.20 Å². The summed E-state index contributed by atoms with van der Waals surface area (Å²) in [6.45, 7) is 5.80. The van der Waals surface area contributed by atoms with Gasteiger partial charge in [0.05, 0.1) is 0 Å². The van der Waals surface area contributed by atoms with Gasteiger partial charge in [0.1, 0.15) is 5.82 Å². The van der Waals surface area contributed by atoms with E-state index in [2.05, 4.69) is 47.5 Å². The number of nitrogens with zero attached hydrogens (tertiary/aromatic N) is 2. The van der Waals surface area contributed by atoms with Gasteiger partial charge in [0.25, 0.3) is 0 Å². The van der Waals surface area contributed by atoms with E-state index in [0.29, 0.717) is 6.04 Å². The normalized spacial score (nSPS) is 29.1. The van der Waals surface area contributed by atoms with Crippen LogP contribution in [0.5, 0.6) is 0 Å². The highest BCUT2D eigenvalue weighted by atomic mass is 15.3. The van der Waals surface area contributed by atoms with Crippen LogP contribution in [0.1, 0.15) is 13.3 Å². The second-order valence-corrected chi connectivity index (χ2v) is 6.07. The summed E-state index contributed by atoms with van der Waals surface area (Å²) in [5.74, 6) is 2.77. The summed E-state index contributed by atoms with van der Waals surface area (Å²) in [5.41, 5.74) is 0. The standard InChI is InChI=1S/C17H21N3/c1-2-16-15-10-18-9-13(15)11-20(16)17-14-6-4-3-5-12(14)7-8-19-17/h3-8,13,15-16,18H,2,9-11H2,1H3. The summed E-state index contributed by atoms with van der Waals surface area (Å²) in [6, 6.07) is 11.3. The molecule has 104 valence electrons. The number of anilines is 1. The minimum Gasteiger partial charge on any atom is -0.352 e. The van der Waals surface area contributed by atoms with Gasteiger partial charge in [-0.15, -0.1) is 0 Å². The molecule has 0 spiro atoms. The highest BCUT2D eigenvalue weighted by Gasteiger charge is 2.43. The first-order chi connectivity index (χ1) is 9.88. The molecule has 1 N–H and O–H groups in total. The number of hydrogen-bond donors (Lipinski definition) is 1. The van der Waals surface area contributed by atoms with Crippen LogP contribution in [-0.4, -0.2) is 30.7 Å². The Kier molecular flexibility index (Phi) is 2.88. The van der Waals surface area contributed by atoms with E-state index >= 15 is 0 Å². The molecule has 2 fully saturated rings. The molecule has 0 bridgehead atoms. The van der Waals surface area contributed by atoms with Gasteiger partial charge < -0.3 is 10.2 Å². The number of rotatable bonds is 2. The van der Waals surface area contributed by atoms with Gasteiger partial charge in [-0.05, 0) is 29.7 Å². The molecule has 1 aromatic heterocycles. The van der Waals surface area contributed by atoms with E-state index in [0.717, 1.165) is 18.4 Å². The molecular weight excluding hydrogens is 246 g/mol. The Morgan fingerprint density at radius 2 is 2.15 bits per heavy atom. The number of aromatic nitrogens is 1. The van der Waals surface area contributed by atoms with E-state index in [4.69, 9.17) is 4.98 Å². The van der Waals surface area contributed by atoms with Crippen molar-refractivity contribution in [2.24, 2.45) is 11.8 Å². The molecule has 3 heterocycles. The highest BCUT2D eigenvalue weighted by molar-refractivity contribution is 5.92. The van der Waals surface area contributed by atoms with Gasteiger partial charge in [0, 0.05) is 37.3 Å². The summed E-state index contributed by atoms with van der Waals surface area (Å²) in [4.78, 5) is 7.29. The van der Waals surface area contributed by atoms with E-state index in [1.165, 1.54) is 36.1 Å². The van der Waals surface area contributed by atoms with Crippen LogP contribution in [0.25, 0.3) is 10.8 Å². The van der Waals surface area contributed by atoms with Crippen molar-refractivity contribution in [2.45, 2.75) is 19.4 Å². The molecule has 2 saturated heterocycles. The van der Waals surface area contributed by atoms with Gasteiger partial charge >= 0.3 is 0 Å². The number of nitrogens with one attached hydrogen (secondary N) is 1. The molecule has 1 aromatic carbocycles. The smallest absolute Gasteiger partial charge is 0.136 e. The van der Waals surface area contributed by atoms with Crippen molar-refractivity contribution >= 4 is 16.6 Å². The monoisotopic (exact) mass is 267 g/mol. The summed E-state index contributed by atoms with van der Waals surface area (Å²) in [5, 5.41) is 6.14. The van der Waals surface area contributed by atoms with Gasteiger partial charge in [-0.3, -0.25) is 0 Å². The van der Waals surface area contributed by atoms with Crippen LogP contribution >= 0.6 is 0 Å². The molecule has 3 nitrogen and oxygen atoms in total. The third-order valence-electron chi connectivity index (χ3n) is 5.06. The molecule has 0 saturated carbocycles. The minimum atomic E-state index is 0.633. The maximum atomic E-state index is 4.72. The fourth-order valence-electron chi connectivity index (χ4n) is 4.12. The number of benzene rings is 1. The average Bonchev–Trinajstić information content (AvgIpc) is 3.06. The molecule has 0 aliphatic carbocycles. The molecule has 3 atom stereocenters. The Balaban J connectivity index is 1.79. The maximum absolute atomic E-state index is 4.72. The van der Waals surface area contributed by atoms with Crippen LogP contribution in [0.2, 0.25) is 0 Å². The lowest BCUT2D eigenvalue weighted by Gasteiger charge is -2.28. The zero-order chi connectivity index (χ0) is 13.5. The van der Waals surface area contributed by atoms with Gasteiger partial charge in [0.2, 0.25) is 0 Å². The first-order valence-corrected chi connectivity index (χ1v) is 7.69. The molecular formula is C17H21N3. The van der Waals surface area contributed by atoms with E-state index < -0.39 is 0 Å². The van der Waals surface area contributed by atoms with Crippen LogP contribution < -0.4 is 10.2 Å². The van der Waals surface area contributed by atoms with Gasteiger partial charge in [-0.1, -0.05) is 31.2 Å². The van der Waals surface area contributed by atoms with Crippen LogP contribution in [0.4, 0.5) is 5.82 Å². The van der Waals surface area contributed by atoms with Crippen molar-refractivity contribution in [3.63, 3.8) is 0 Å². The lowest BCUT2D eigenvalue weighted by Crippen LogP contribution is -2.35. The molecule has 3 heteroatoms. The summed E-state index contributed by atoms with van der Waals surface area (Å²) in [6.07, 6.45) is 3.16. The average molecular weight is 267 g/mol. The Bertz CT molecular complexity index is 619. The summed E-state index contributed by atoms with van der Waals surface area (Å²) in [7, 11) is 0. The Hall–Kier alpha value is -1.61.